The van der Waals surface area contributed by atoms with Crippen LogP contribution in [0.15, 0.2) is 54.9 Å². The monoisotopic (exact) mass is 398 g/mol. The second kappa shape index (κ2) is 8.31. The Kier molecular flexibility index (Phi) is 5.66. The molecule has 0 radical (unpaired) electrons. The summed E-state index contributed by atoms with van der Waals surface area (Å²) in [7, 11) is 0. The van der Waals surface area contributed by atoms with Crippen LogP contribution in [-0.2, 0) is 4.79 Å². The molecule has 0 fully saturated rings. The summed E-state index contributed by atoms with van der Waals surface area (Å²) in [4.78, 5) is 30.1. The summed E-state index contributed by atoms with van der Waals surface area (Å²) < 4.78 is 0. The Hall–Kier alpha value is -3.72. The summed E-state index contributed by atoms with van der Waals surface area (Å²) >= 11 is 5.95. The van der Waals surface area contributed by atoms with Crippen LogP contribution in [0, 0.1) is 10.1 Å². The number of hydrogen-bond donors (Lipinski definition) is 3. The number of aromatic nitrogens is 2. The van der Waals surface area contributed by atoms with Crippen LogP contribution in [0.4, 0.5) is 34.4 Å². The molecule has 0 saturated carbocycles. The first-order valence-electron chi connectivity index (χ1n) is 8.09. The third kappa shape index (κ3) is 4.71. The van der Waals surface area contributed by atoms with Gasteiger partial charge in [0.25, 0.3) is 0 Å². The lowest BCUT2D eigenvalue weighted by Crippen LogP contribution is -2.06. The van der Waals surface area contributed by atoms with Gasteiger partial charge in [-0.2, -0.15) is 0 Å². The van der Waals surface area contributed by atoms with Crippen molar-refractivity contribution in [2.45, 2.75) is 6.92 Å². The Morgan fingerprint density at radius 2 is 1.61 bits per heavy atom. The van der Waals surface area contributed by atoms with Crippen molar-refractivity contribution in [2.75, 3.05) is 16.0 Å². The summed E-state index contributed by atoms with van der Waals surface area (Å²) in [5.41, 5.74) is 1.41. The Labute approximate surface area is 164 Å². The Balaban J connectivity index is 1.89. The molecule has 2 aromatic carbocycles. The van der Waals surface area contributed by atoms with Crippen LogP contribution in [0.5, 0.6) is 0 Å². The quantitative estimate of drug-likeness (QED) is 0.413. The van der Waals surface area contributed by atoms with Crippen molar-refractivity contribution in [3.05, 3.63) is 70.0 Å². The average Bonchev–Trinajstić information content (AvgIpc) is 2.63. The van der Waals surface area contributed by atoms with Gasteiger partial charge in [0.15, 0.2) is 0 Å². The maximum Gasteiger partial charge on any atom is 0.353 e. The summed E-state index contributed by atoms with van der Waals surface area (Å²) in [6, 6.07) is 13.4. The smallest absolute Gasteiger partial charge is 0.334 e. The lowest BCUT2D eigenvalue weighted by molar-refractivity contribution is -0.383. The van der Waals surface area contributed by atoms with E-state index in [1.165, 1.54) is 13.3 Å². The summed E-state index contributed by atoms with van der Waals surface area (Å²) in [5, 5.41) is 20.6. The van der Waals surface area contributed by atoms with Gasteiger partial charge in [-0.1, -0.05) is 17.7 Å². The molecule has 0 aliphatic heterocycles. The van der Waals surface area contributed by atoms with E-state index in [1.807, 2.05) is 0 Å². The van der Waals surface area contributed by atoms with Gasteiger partial charge in [-0.25, -0.2) is 9.97 Å². The minimum atomic E-state index is -0.569. The number of rotatable bonds is 6. The molecule has 1 aromatic heterocycles. The number of anilines is 5. The topological polar surface area (TPSA) is 122 Å². The lowest BCUT2D eigenvalue weighted by atomic mass is 10.2. The molecule has 1 heterocycles. The highest BCUT2D eigenvalue weighted by Gasteiger charge is 2.23. The molecule has 0 atom stereocenters. The van der Waals surface area contributed by atoms with E-state index in [9.17, 15) is 14.9 Å². The fourth-order valence-corrected chi connectivity index (χ4v) is 2.60. The fourth-order valence-electron chi connectivity index (χ4n) is 2.41. The largest absolute Gasteiger partial charge is 0.353 e. The van der Waals surface area contributed by atoms with E-state index in [0.717, 1.165) is 0 Å². The lowest BCUT2D eigenvalue weighted by Gasteiger charge is -2.11. The van der Waals surface area contributed by atoms with Crippen LogP contribution in [0.3, 0.4) is 0 Å². The first-order chi connectivity index (χ1) is 13.4. The highest BCUT2D eigenvalue weighted by molar-refractivity contribution is 6.30. The molecule has 0 aliphatic carbocycles. The van der Waals surface area contributed by atoms with Gasteiger partial charge < -0.3 is 16.0 Å². The van der Waals surface area contributed by atoms with E-state index in [4.69, 9.17) is 11.6 Å². The SMILES string of the molecule is CC(=O)Nc1ccc(Nc2ncnc(Nc3cccc(Cl)c3)c2[N+](=O)[O-])cc1. The van der Waals surface area contributed by atoms with Gasteiger partial charge in [0, 0.05) is 29.0 Å². The van der Waals surface area contributed by atoms with Crippen LogP contribution in [-0.4, -0.2) is 20.8 Å². The molecule has 28 heavy (non-hydrogen) atoms. The van der Waals surface area contributed by atoms with E-state index >= 15 is 0 Å². The number of nitrogens with one attached hydrogen (secondary N) is 3. The van der Waals surface area contributed by atoms with E-state index in [0.29, 0.717) is 22.1 Å². The number of carbonyl (C=O) groups is 1. The van der Waals surface area contributed by atoms with Crippen molar-refractivity contribution in [1.29, 1.82) is 0 Å². The molecule has 0 spiro atoms. The molecule has 1 amide bonds. The molecule has 142 valence electrons. The zero-order valence-electron chi connectivity index (χ0n) is 14.6. The number of hydrogen-bond acceptors (Lipinski definition) is 7. The second-order valence-electron chi connectivity index (χ2n) is 5.70. The van der Waals surface area contributed by atoms with Crippen LogP contribution in [0.2, 0.25) is 5.02 Å². The Morgan fingerprint density at radius 3 is 2.18 bits per heavy atom. The molecule has 3 aromatic rings. The highest BCUT2D eigenvalue weighted by Crippen LogP contribution is 2.33. The normalized spacial score (nSPS) is 10.2. The van der Waals surface area contributed by atoms with Gasteiger partial charge >= 0.3 is 5.69 Å². The first-order valence-corrected chi connectivity index (χ1v) is 8.47. The maximum atomic E-state index is 11.6. The predicted octanol–water partition coefficient (Wildman–Crippen LogP) is 4.48. The average molecular weight is 399 g/mol. The van der Waals surface area contributed by atoms with Gasteiger partial charge in [-0.05, 0) is 42.5 Å². The molecule has 0 unspecified atom stereocenters. The van der Waals surface area contributed by atoms with Crippen molar-refractivity contribution < 1.29 is 9.72 Å². The van der Waals surface area contributed by atoms with Crippen LogP contribution in [0.1, 0.15) is 6.92 Å². The molecule has 0 saturated heterocycles. The van der Waals surface area contributed by atoms with Gasteiger partial charge in [0.1, 0.15) is 6.33 Å². The van der Waals surface area contributed by atoms with Crippen molar-refractivity contribution in [1.82, 2.24) is 9.97 Å². The van der Waals surface area contributed by atoms with Gasteiger partial charge in [-0.15, -0.1) is 0 Å². The van der Waals surface area contributed by atoms with Crippen LogP contribution < -0.4 is 16.0 Å². The van der Waals surface area contributed by atoms with Gasteiger partial charge in [0.05, 0.1) is 4.92 Å². The van der Waals surface area contributed by atoms with E-state index in [1.54, 1.807) is 48.5 Å². The standard InChI is InChI=1S/C18H15ClN6O3/c1-11(26)22-13-5-7-14(8-6-13)23-17-16(25(27)28)18(21-10-20-17)24-15-4-2-3-12(19)9-15/h2-10H,1H3,(H,22,26)(H2,20,21,23,24). The third-order valence-corrected chi connectivity index (χ3v) is 3.80. The molecular weight excluding hydrogens is 384 g/mol. The molecule has 0 aliphatic rings. The second-order valence-corrected chi connectivity index (χ2v) is 6.13. The number of benzene rings is 2. The van der Waals surface area contributed by atoms with E-state index < -0.39 is 4.92 Å². The summed E-state index contributed by atoms with van der Waals surface area (Å²) in [6.07, 6.45) is 1.22. The zero-order valence-corrected chi connectivity index (χ0v) is 15.4. The summed E-state index contributed by atoms with van der Waals surface area (Å²) in [5.74, 6) is -0.139. The maximum absolute atomic E-state index is 11.6. The minimum Gasteiger partial charge on any atom is -0.334 e. The molecule has 9 nitrogen and oxygen atoms in total. The van der Waals surface area contributed by atoms with Crippen molar-refractivity contribution in [2.24, 2.45) is 0 Å². The minimum absolute atomic E-state index is 0.0248. The molecule has 10 heteroatoms. The third-order valence-electron chi connectivity index (χ3n) is 3.56. The number of halogens is 1. The predicted molar refractivity (Wildman–Crippen MR) is 107 cm³/mol. The molecule has 0 bridgehead atoms. The Bertz CT molecular complexity index is 1030. The number of nitro groups is 1. The molecule has 3 N–H and O–H groups in total. The first kappa shape index (κ1) is 19.1. The van der Waals surface area contributed by atoms with Gasteiger partial charge in [0.2, 0.25) is 17.5 Å². The number of nitrogens with zero attached hydrogens (tertiary/aromatic N) is 3. The summed E-state index contributed by atoms with van der Waals surface area (Å²) in [6.45, 7) is 1.41. The van der Waals surface area contributed by atoms with Gasteiger partial charge in [-0.3, -0.25) is 14.9 Å². The van der Waals surface area contributed by atoms with Crippen molar-refractivity contribution in [3.8, 4) is 0 Å². The molecule has 3 rings (SSSR count). The number of carbonyl (C=O) groups excluding carboxylic acids is 1. The van der Waals surface area contributed by atoms with Crippen molar-refractivity contribution >= 4 is 51.9 Å². The fraction of sp³-hybridized carbons (Fsp3) is 0.0556. The number of amides is 1. The van der Waals surface area contributed by atoms with Crippen LogP contribution in [0.25, 0.3) is 0 Å². The Morgan fingerprint density at radius 1 is 1.00 bits per heavy atom. The highest BCUT2D eigenvalue weighted by atomic mass is 35.5. The van der Waals surface area contributed by atoms with E-state index in [2.05, 4.69) is 25.9 Å². The molecular formula is C18H15ClN6O3. The van der Waals surface area contributed by atoms with Crippen molar-refractivity contribution in [3.63, 3.8) is 0 Å². The van der Waals surface area contributed by atoms with E-state index in [-0.39, 0.29) is 23.2 Å². The zero-order chi connectivity index (χ0) is 20.1. The van der Waals surface area contributed by atoms with Crippen LogP contribution >= 0.6 is 11.6 Å².